The van der Waals surface area contributed by atoms with Crippen LogP contribution < -0.4 is 5.32 Å². The molecule has 4 nitrogen and oxygen atoms in total. The van der Waals surface area contributed by atoms with E-state index >= 15 is 0 Å². The Labute approximate surface area is 114 Å². The van der Waals surface area contributed by atoms with Crippen molar-refractivity contribution in [3.8, 4) is 0 Å². The van der Waals surface area contributed by atoms with Crippen LogP contribution in [0.2, 0.25) is 0 Å². The lowest BCUT2D eigenvalue weighted by Gasteiger charge is -2.12. The van der Waals surface area contributed by atoms with E-state index in [-0.39, 0.29) is 12.6 Å². The molecule has 1 aromatic carbocycles. The lowest BCUT2D eigenvalue weighted by molar-refractivity contribution is -0.137. The van der Waals surface area contributed by atoms with E-state index < -0.39 is 11.7 Å². The van der Waals surface area contributed by atoms with Crippen LogP contribution in [-0.2, 0) is 13.2 Å². The van der Waals surface area contributed by atoms with Gasteiger partial charge in [-0.25, -0.2) is 4.98 Å². The first kappa shape index (κ1) is 14.8. The van der Waals surface area contributed by atoms with Crippen molar-refractivity contribution in [2.24, 2.45) is 7.05 Å². The number of nitrogens with one attached hydrogen (secondary N) is 1. The number of nitrogens with zero attached hydrogens (tertiary/aromatic N) is 2. The van der Waals surface area contributed by atoms with Crippen LogP contribution in [0.15, 0.2) is 18.2 Å². The van der Waals surface area contributed by atoms with E-state index in [1.807, 2.05) is 6.92 Å². The second-order valence-electron chi connectivity index (χ2n) is 4.63. The van der Waals surface area contributed by atoms with Gasteiger partial charge < -0.3 is 15.0 Å². The fraction of sp³-hybridized carbons (Fsp3) is 0.462. The Morgan fingerprint density at radius 1 is 1.40 bits per heavy atom. The van der Waals surface area contributed by atoms with Gasteiger partial charge in [-0.2, -0.15) is 13.2 Å². The highest BCUT2D eigenvalue weighted by atomic mass is 19.4. The minimum atomic E-state index is -4.37. The molecule has 0 amide bonds. The molecule has 0 saturated heterocycles. The largest absolute Gasteiger partial charge is 0.416 e. The standard InChI is InChI=1S/C13H16F3N3O/c1-8(17-5-6-20)12-18-10-7-9(13(14,15)16)3-4-11(10)19(12)2/h3-4,7-8,17,20H,5-6H2,1-2H3. The summed E-state index contributed by atoms with van der Waals surface area (Å²) in [5.41, 5.74) is 0.256. The van der Waals surface area contributed by atoms with Gasteiger partial charge in [-0.15, -0.1) is 0 Å². The Kier molecular flexibility index (Phi) is 4.01. The molecule has 2 aromatic rings. The van der Waals surface area contributed by atoms with Crippen LogP contribution in [0.25, 0.3) is 11.0 Å². The number of alkyl halides is 3. The molecule has 110 valence electrons. The Bertz CT molecular complexity index is 607. The maximum Gasteiger partial charge on any atom is 0.416 e. The van der Waals surface area contributed by atoms with Crippen molar-refractivity contribution >= 4 is 11.0 Å². The number of benzene rings is 1. The molecular formula is C13H16F3N3O. The molecule has 2 N–H and O–H groups in total. The number of halogens is 3. The number of hydrogen-bond donors (Lipinski definition) is 2. The average molecular weight is 287 g/mol. The second-order valence-corrected chi connectivity index (χ2v) is 4.63. The van der Waals surface area contributed by atoms with Gasteiger partial charge in [0.1, 0.15) is 5.82 Å². The van der Waals surface area contributed by atoms with E-state index in [2.05, 4.69) is 10.3 Å². The minimum absolute atomic E-state index is 0.00744. The number of fused-ring (bicyclic) bond motifs is 1. The summed E-state index contributed by atoms with van der Waals surface area (Å²) < 4.78 is 39.8. The van der Waals surface area contributed by atoms with E-state index in [9.17, 15) is 13.2 Å². The van der Waals surface area contributed by atoms with Gasteiger partial charge in [-0.05, 0) is 25.1 Å². The first-order valence-electron chi connectivity index (χ1n) is 6.22. The molecular weight excluding hydrogens is 271 g/mol. The molecule has 1 unspecified atom stereocenters. The predicted molar refractivity (Wildman–Crippen MR) is 69.2 cm³/mol. The summed E-state index contributed by atoms with van der Waals surface area (Å²) in [6.07, 6.45) is -4.37. The Morgan fingerprint density at radius 2 is 2.10 bits per heavy atom. The summed E-state index contributed by atoms with van der Waals surface area (Å²) in [4.78, 5) is 4.26. The maximum atomic E-state index is 12.7. The van der Waals surface area contributed by atoms with Gasteiger partial charge in [0.15, 0.2) is 0 Å². The molecule has 2 rings (SSSR count). The zero-order valence-electron chi connectivity index (χ0n) is 11.2. The van der Waals surface area contributed by atoms with Crippen molar-refractivity contribution in [2.45, 2.75) is 19.1 Å². The van der Waals surface area contributed by atoms with Crippen LogP contribution in [0.4, 0.5) is 13.2 Å². The van der Waals surface area contributed by atoms with Gasteiger partial charge >= 0.3 is 6.18 Å². The molecule has 0 fully saturated rings. The number of hydrogen-bond acceptors (Lipinski definition) is 3. The summed E-state index contributed by atoms with van der Waals surface area (Å²) in [5.74, 6) is 0.632. The predicted octanol–water partition coefficient (Wildman–Crippen LogP) is 2.24. The molecule has 20 heavy (non-hydrogen) atoms. The zero-order chi connectivity index (χ0) is 14.9. The van der Waals surface area contributed by atoms with E-state index in [0.29, 0.717) is 23.4 Å². The van der Waals surface area contributed by atoms with Gasteiger partial charge in [-0.3, -0.25) is 0 Å². The van der Waals surface area contributed by atoms with Crippen molar-refractivity contribution in [3.63, 3.8) is 0 Å². The van der Waals surface area contributed by atoms with Crippen LogP contribution in [0.1, 0.15) is 24.4 Å². The normalized spacial score (nSPS) is 13.9. The molecule has 0 aliphatic rings. The third kappa shape index (κ3) is 2.78. The molecule has 0 bridgehead atoms. The SMILES string of the molecule is CC(NCCO)c1nc2cc(C(F)(F)F)ccc2n1C. The van der Waals surface area contributed by atoms with E-state index in [1.165, 1.54) is 6.07 Å². The second kappa shape index (κ2) is 5.41. The maximum absolute atomic E-state index is 12.7. The lowest BCUT2D eigenvalue weighted by Crippen LogP contribution is -2.24. The summed E-state index contributed by atoms with van der Waals surface area (Å²) in [5, 5.41) is 11.8. The van der Waals surface area contributed by atoms with Crippen LogP contribution in [0, 0.1) is 0 Å². The fourth-order valence-electron chi connectivity index (χ4n) is 2.15. The molecule has 1 aromatic heterocycles. The third-order valence-electron chi connectivity index (χ3n) is 3.19. The topological polar surface area (TPSA) is 50.1 Å². The van der Waals surface area contributed by atoms with E-state index in [0.717, 1.165) is 12.1 Å². The highest BCUT2D eigenvalue weighted by Crippen LogP contribution is 2.31. The minimum Gasteiger partial charge on any atom is -0.395 e. The van der Waals surface area contributed by atoms with Crippen molar-refractivity contribution in [3.05, 3.63) is 29.6 Å². The van der Waals surface area contributed by atoms with E-state index in [4.69, 9.17) is 5.11 Å². The summed E-state index contributed by atoms with van der Waals surface area (Å²) in [7, 11) is 1.76. The third-order valence-corrected chi connectivity index (χ3v) is 3.19. The van der Waals surface area contributed by atoms with Gasteiger partial charge in [0.2, 0.25) is 0 Å². The number of aliphatic hydroxyl groups is 1. The smallest absolute Gasteiger partial charge is 0.395 e. The first-order chi connectivity index (χ1) is 9.34. The van der Waals surface area contributed by atoms with Gasteiger partial charge in [-0.1, -0.05) is 0 Å². The van der Waals surface area contributed by atoms with Crippen molar-refractivity contribution in [2.75, 3.05) is 13.2 Å². The molecule has 0 spiro atoms. The first-order valence-corrected chi connectivity index (χ1v) is 6.22. The number of aliphatic hydroxyl groups excluding tert-OH is 1. The van der Waals surface area contributed by atoms with Crippen LogP contribution >= 0.6 is 0 Å². The number of aromatic nitrogens is 2. The van der Waals surface area contributed by atoms with E-state index in [1.54, 1.807) is 11.6 Å². The van der Waals surface area contributed by atoms with Gasteiger partial charge in [0, 0.05) is 13.6 Å². The molecule has 0 aliphatic carbocycles. The summed E-state index contributed by atoms with van der Waals surface area (Å²) in [6.45, 7) is 2.24. The van der Waals surface area contributed by atoms with Crippen molar-refractivity contribution in [1.29, 1.82) is 0 Å². The highest BCUT2D eigenvalue weighted by molar-refractivity contribution is 5.77. The van der Waals surface area contributed by atoms with Crippen LogP contribution in [-0.4, -0.2) is 27.8 Å². The fourth-order valence-corrected chi connectivity index (χ4v) is 2.15. The number of rotatable bonds is 4. The van der Waals surface area contributed by atoms with Gasteiger partial charge in [0.25, 0.3) is 0 Å². The van der Waals surface area contributed by atoms with Crippen LogP contribution in [0.5, 0.6) is 0 Å². The van der Waals surface area contributed by atoms with Gasteiger partial charge in [0.05, 0.1) is 29.2 Å². The van der Waals surface area contributed by atoms with Crippen molar-refractivity contribution < 1.29 is 18.3 Å². The molecule has 0 aliphatic heterocycles. The summed E-state index contributed by atoms with van der Waals surface area (Å²) in [6, 6.07) is 3.37. The number of aryl methyl sites for hydroxylation is 1. The summed E-state index contributed by atoms with van der Waals surface area (Å²) >= 11 is 0. The molecule has 0 radical (unpaired) electrons. The number of imidazole rings is 1. The van der Waals surface area contributed by atoms with Crippen LogP contribution in [0.3, 0.4) is 0 Å². The highest BCUT2D eigenvalue weighted by Gasteiger charge is 2.31. The molecule has 0 saturated carbocycles. The molecule has 7 heteroatoms. The molecule has 1 atom stereocenters. The lowest BCUT2D eigenvalue weighted by atomic mass is 10.2. The zero-order valence-corrected chi connectivity index (χ0v) is 11.2. The monoisotopic (exact) mass is 287 g/mol. The van der Waals surface area contributed by atoms with Crippen molar-refractivity contribution in [1.82, 2.24) is 14.9 Å². The average Bonchev–Trinajstić information content (AvgIpc) is 2.72. The Hall–Kier alpha value is -1.60. The Morgan fingerprint density at radius 3 is 2.70 bits per heavy atom. The quantitative estimate of drug-likeness (QED) is 0.906. The Balaban J connectivity index is 2.42. The molecule has 1 heterocycles.